The number of benzene rings is 1. The summed E-state index contributed by atoms with van der Waals surface area (Å²) in [7, 11) is 0. The Morgan fingerprint density at radius 3 is 2.74 bits per heavy atom. The third-order valence-electron chi connectivity index (χ3n) is 3.08. The average Bonchev–Trinajstić information content (AvgIpc) is 2.80. The van der Waals surface area contributed by atoms with Gasteiger partial charge in [0.1, 0.15) is 18.0 Å². The third kappa shape index (κ3) is 2.98. The van der Waals surface area contributed by atoms with Crippen molar-refractivity contribution in [2.24, 2.45) is 0 Å². The molecule has 0 amide bonds. The molecule has 1 N–H and O–H groups in total. The van der Waals surface area contributed by atoms with Crippen molar-refractivity contribution < 1.29 is 9.50 Å². The molecule has 0 aliphatic rings. The summed E-state index contributed by atoms with van der Waals surface area (Å²) in [6.45, 7) is 5.70. The quantitative estimate of drug-likeness (QED) is 0.922. The number of halogens is 1. The Morgan fingerprint density at radius 1 is 1.37 bits per heavy atom. The van der Waals surface area contributed by atoms with Crippen LogP contribution in [0.5, 0.6) is 0 Å². The summed E-state index contributed by atoms with van der Waals surface area (Å²) < 4.78 is 15.0. The van der Waals surface area contributed by atoms with E-state index >= 15 is 0 Å². The molecule has 0 radical (unpaired) electrons. The summed E-state index contributed by atoms with van der Waals surface area (Å²) in [5, 5.41) is 14.3. The minimum atomic E-state index is -0.707. The van der Waals surface area contributed by atoms with E-state index in [9.17, 15) is 9.50 Å². The number of aliphatic hydroxyl groups excluding tert-OH is 1. The van der Waals surface area contributed by atoms with Gasteiger partial charge in [0.05, 0.1) is 6.10 Å². The Bertz CT molecular complexity index is 566. The van der Waals surface area contributed by atoms with E-state index in [0.717, 1.165) is 5.82 Å². The second kappa shape index (κ2) is 5.48. The molecule has 1 heterocycles. The number of nitrogens with zero attached hydrogens (tertiary/aromatic N) is 3. The first kappa shape index (κ1) is 13.7. The minimum absolute atomic E-state index is 0.194. The van der Waals surface area contributed by atoms with Crippen LogP contribution in [0.15, 0.2) is 24.5 Å². The van der Waals surface area contributed by atoms with Crippen molar-refractivity contribution in [3.05, 3.63) is 47.3 Å². The van der Waals surface area contributed by atoms with Crippen LogP contribution >= 0.6 is 0 Å². The van der Waals surface area contributed by atoms with E-state index in [2.05, 4.69) is 10.1 Å². The first-order valence-corrected chi connectivity index (χ1v) is 6.31. The van der Waals surface area contributed by atoms with Gasteiger partial charge in [0.2, 0.25) is 0 Å². The summed E-state index contributed by atoms with van der Waals surface area (Å²) >= 11 is 0. The largest absolute Gasteiger partial charge is 0.388 e. The van der Waals surface area contributed by atoms with Gasteiger partial charge >= 0.3 is 0 Å². The van der Waals surface area contributed by atoms with Crippen molar-refractivity contribution in [3.63, 3.8) is 0 Å². The molecule has 4 nitrogen and oxygen atoms in total. The van der Waals surface area contributed by atoms with Crippen molar-refractivity contribution in [3.8, 4) is 0 Å². The fourth-order valence-electron chi connectivity index (χ4n) is 2.02. The monoisotopic (exact) mass is 263 g/mol. The highest BCUT2D eigenvalue weighted by molar-refractivity contribution is 5.26. The highest BCUT2D eigenvalue weighted by Gasteiger charge is 2.15. The van der Waals surface area contributed by atoms with Crippen LogP contribution in [0.4, 0.5) is 4.39 Å². The maximum atomic E-state index is 13.2. The standard InChI is InChI=1S/C14H18FN3O/c1-9(2)18-14(16-8-17-18)7-13(19)11-4-5-12(15)10(3)6-11/h4-6,8-9,13,19H,7H2,1-3H3. The number of hydrogen-bond donors (Lipinski definition) is 1. The number of hydrogen-bond acceptors (Lipinski definition) is 3. The van der Waals surface area contributed by atoms with E-state index in [-0.39, 0.29) is 11.9 Å². The predicted octanol–water partition coefficient (Wildman–Crippen LogP) is 2.58. The maximum absolute atomic E-state index is 13.2. The fraction of sp³-hybridized carbons (Fsp3) is 0.429. The van der Waals surface area contributed by atoms with Gasteiger partial charge in [-0.1, -0.05) is 12.1 Å². The van der Waals surface area contributed by atoms with Crippen molar-refractivity contribution in [1.29, 1.82) is 0 Å². The highest BCUT2D eigenvalue weighted by Crippen LogP contribution is 2.20. The van der Waals surface area contributed by atoms with Crippen LogP contribution in [-0.2, 0) is 6.42 Å². The van der Waals surface area contributed by atoms with Crippen molar-refractivity contribution >= 4 is 0 Å². The number of aryl methyl sites for hydroxylation is 1. The summed E-state index contributed by atoms with van der Waals surface area (Å²) in [6.07, 6.45) is 1.14. The number of aliphatic hydroxyl groups is 1. The van der Waals surface area contributed by atoms with Crippen LogP contribution in [0, 0.1) is 12.7 Å². The second-order valence-electron chi connectivity index (χ2n) is 4.94. The molecule has 2 rings (SSSR count). The molecule has 0 aliphatic heterocycles. The Balaban J connectivity index is 2.18. The summed E-state index contributed by atoms with van der Waals surface area (Å²) in [4.78, 5) is 4.16. The molecular formula is C14H18FN3O. The van der Waals surface area contributed by atoms with Gasteiger partial charge in [-0.05, 0) is 38.0 Å². The Kier molecular flexibility index (Phi) is 3.95. The van der Waals surface area contributed by atoms with E-state index in [4.69, 9.17) is 0 Å². The molecule has 0 aliphatic carbocycles. The third-order valence-corrected chi connectivity index (χ3v) is 3.08. The van der Waals surface area contributed by atoms with Gasteiger partial charge in [-0.2, -0.15) is 5.10 Å². The van der Waals surface area contributed by atoms with E-state index in [1.54, 1.807) is 23.7 Å². The fourth-order valence-corrected chi connectivity index (χ4v) is 2.02. The first-order valence-electron chi connectivity index (χ1n) is 6.31. The van der Waals surface area contributed by atoms with Gasteiger partial charge in [0.25, 0.3) is 0 Å². The topological polar surface area (TPSA) is 50.9 Å². The number of aromatic nitrogens is 3. The molecule has 1 aromatic carbocycles. The SMILES string of the molecule is Cc1cc(C(O)Cc2ncnn2C(C)C)ccc1F. The predicted molar refractivity (Wildman–Crippen MR) is 70.2 cm³/mol. The van der Waals surface area contributed by atoms with Crippen molar-refractivity contribution in [1.82, 2.24) is 14.8 Å². The van der Waals surface area contributed by atoms with Crippen LogP contribution in [-0.4, -0.2) is 19.9 Å². The molecule has 102 valence electrons. The van der Waals surface area contributed by atoms with E-state index < -0.39 is 6.10 Å². The zero-order valence-corrected chi connectivity index (χ0v) is 11.3. The molecular weight excluding hydrogens is 245 g/mol. The van der Waals surface area contributed by atoms with Gasteiger partial charge in [-0.25, -0.2) is 14.1 Å². The summed E-state index contributed by atoms with van der Waals surface area (Å²) in [5.41, 5.74) is 1.22. The second-order valence-corrected chi connectivity index (χ2v) is 4.94. The van der Waals surface area contributed by atoms with E-state index in [1.165, 1.54) is 12.4 Å². The molecule has 1 atom stereocenters. The molecule has 2 aromatic rings. The van der Waals surface area contributed by atoms with Crippen LogP contribution in [0.2, 0.25) is 0 Å². The van der Waals surface area contributed by atoms with Crippen molar-refractivity contribution in [2.75, 3.05) is 0 Å². The molecule has 0 saturated heterocycles. The van der Waals surface area contributed by atoms with Gasteiger partial charge in [-0.3, -0.25) is 0 Å². The molecule has 1 unspecified atom stereocenters. The van der Waals surface area contributed by atoms with Crippen molar-refractivity contribution in [2.45, 2.75) is 39.3 Å². The van der Waals surface area contributed by atoms with Crippen LogP contribution in [0.25, 0.3) is 0 Å². The summed E-state index contributed by atoms with van der Waals surface area (Å²) in [6, 6.07) is 4.83. The Morgan fingerprint density at radius 2 is 2.11 bits per heavy atom. The normalized spacial score (nSPS) is 12.9. The molecule has 19 heavy (non-hydrogen) atoms. The Labute approximate surface area is 111 Å². The van der Waals surface area contributed by atoms with Gasteiger partial charge in [-0.15, -0.1) is 0 Å². The maximum Gasteiger partial charge on any atom is 0.138 e. The lowest BCUT2D eigenvalue weighted by molar-refractivity contribution is 0.173. The lowest BCUT2D eigenvalue weighted by atomic mass is 10.0. The zero-order valence-electron chi connectivity index (χ0n) is 11.3. The smallest absolute Gasteiger partial charge is 0.138 e. The first-order chi connectivity index (χ1) is 8.99. The van der Waals surface area contributed by atoms with Gasteiger partial charge in [0, 0.05) is 12.5 Å². The van der Waals surface area contributed by atoms with Gasteiger partial charge < -0.3 is 5.11 Å². The lowest BCUT2D eigenvalue weighted by Crippen LogP contribution is -2.12. The van der Waals surface area contributed by atoms with E-state index in [0.29, 0.717) is 17.5 Å². The van der Waals surface area contributed by atoms with Crippen LogP contribution < -0.4 is 0 Å². The van der Waals surface area contributed by atoms with Gasteiger partial charge in [0.15, 0.2) is 0 Å². The zero-order chi connectivity index (χ0) is 14.0. The lowest BCUT2D eigenvalue weighted by Gasteiger charge is -2.14. The average molecular weight is 263 g/mol. The van der Waals surface area contributed by atoms with Crippen LogP contribution in [0.3, 0.4) is 0 Å². The highest BCUT2D eigenvalue weighted by atomic mass is 19.1. The molecule has 1 aromatic heterocycles. The molecule has 0 spiro atoms. The molecule has 0 bridgehead atoms. The Hall–Kier alpha value is -1.75. The number of rotatable bonds is 4. The van der Waals surface area contributed by atoms with E-state index in [1.807, 2.05) is 13.8 Å². The molecule has 0 saturated carbocycles. The molecule has 5 heteroatoms. The molecule has 0 fully saturated rings. The summed E-state index contributed by atoms with van der Waals surface area (Å²) in [5.74, 6) is 0.464. The minimum Gasteiger partial charge on any atom is -0.388 e. The van der Waals surface area contributed by atoms with Crippen LogP contribution in [0.1, 0.15) is 42.9 Å².